The van der Waals surface area contributed by atoms with Crippen LogP contribution in [0.4, 0.5) is 9.18 Å². The monoisotopic (exact) mass is 307 g/mol. The Labute approximate surface area is 122 Å². The summed E-state index contributed by atoms with van der Waals surface area (Å²) in [6.07, 6.45) is -0.545. The Morgan fingerprint density at radius 2 is 2.11 bits per heavy atom. The Kier molecular flexibility index (Phi) is 4.69. The molecule has 0 unspecified atom stereocenters. The van der Waals surface area contributed by atoms with Crippen LogP contribution < -0.4 is 5.32 Å². The summed E-state index contributed by atoms with van der Waals surface area (Å²) in [4.78, 5) is 11.3. The number of hydrogen-bond donors (Lipinski definition) is 1. The van der Waals surface area contributed by atoms with E-state index < -0.39 is 17.6 Å². The highest BCUT2D eigenvalue weighted by Crippen LogP contribution is 2.40. The van der Waals surface area contributed by atoms with E-state index in [1.165, 1.54) is 0 Å². The lowest BCUT2D eigenvalue weighted by atomic mass is 9.80. The van der Waals surface area contributed by atoms with Crippen LogP contribution in [-0.2, 0) is 4.74 Å². The number of amides is 1. The molecule has 1 aliphatic heterocycles. The van der Waals surface area contributed by atoms with Crippen LogP contribution >= 0.6 is 24.0 Å². The fourth-order valence-electron chi connectivity index (χ4n) is 2.10. The number of alkyl carbamates (subject to hydrolysis) is 1. The predicted molar refractivity (Wildman–Crippen MR) is 74.4 cm³/mol. The summed E-state index contributed by atoms with van der Waals surface area (Å²) in [7, 11) is 0. The number of ether oxygens (including phenoxy) is 1. The first kappa shape index (κ1) is 16.1. The first-order chi connectivity index (χ1) is 8.33. The maximum Gasteiger partial charge on any atom is 0.407 e. The molecule has 0 radical (unpaired) electrons. The lowest BCUT2D eigenvalue weighted by molar-refractivity contribution is 0.0378. The molecule has 19 heavy (non-hydrogen) atoms. The lowest BCUT2D eigenvalue weighted by Gasteiger charge is -2.39. The van der Waals surface area contributed by atoms with Gasteiger partial charge in [0.25, 0.3) is 0 Å². The van der Waals surface area contributed by atoms with Crippen molar-refractivity contribution in [3.05, 3.63) is 34.1 Å². The second kappa shape index (κ2) is 5.55. The quantitative estimate of drug-likeness (QED) is 0.851. The Bertz CT molecular complexity index is 506. The van der Waals surface area contributed by atoms with Gasteiger partial charge in [-0.25, -0.2) is 9.18 Å². The summed E-state index contributed by atoms with van der Waals surface area (Å²) in [5.41, 5.74) is 0.413. The fourth-order valence-corrected chi connectivity index (χ4v) is 2.35. The molecular weight excluding hydrogens is 292 g/mol. The summed E-state index contributed by atoms with van der Waals surface area (Å²) in [5.74, 6) is -0.372. The van der Waals surface area contributed by atoms with Gasteiger partial charge in [-0.15, -0.1) is 12.4 Å². The molecule has 1 aliphatic rings. The number of carbonyl (C=O) groups excluding carboxylic acids is 1. The number of carbonyl (C=O) groups is 1. The van der Waals surface area contributed by atoms with Crippen molar-refractivity contribution in [3.63, 3.8) is 0 Å². The van der Waals surface area contributed by atoms with Gasteiger partial charge in [-0.1, -0.05) is 31.5 Å². The molecule has 0 spiro atoms. The van der Waals surface area contributed by atoms with Crippen LogP contribution in [0.25, 0.3) is 0 Å². The third-order valence-corrected chi connectivity index (χ3v) is 3.56. The van der Waals surface area contributed by atoms with Crippen molar-refractivity contribution in [2.45, 2.75) is 26.8 Å². The smallest absolute Gasteiger partial charge is 0.407 e. The number of benzene rings is 1. The third-order valence-electron chi connectivity index (χ3n) is 3.23. The van der Waals surface area contributed by atoms with Crippen molar-refractivity contribution < 1.29 is 13.9 Å². The average molecular weight is 308 g/mol. The van der Waals surface area contributed by atoms with Gasteiger partial charge in [0.1, 0.15) is 12.4 Å². The SMILES string of the molecule is Cc1ccc(Cl)c([C@@H]2NC(=O)OCC2(C)C)c1F.Cl. The van der Waals surface area contributed by atoms with Gasteiger partial charge in [-0.2, -0.15) is 0 Å². The van der Waals surface area contributed by atoms with E-state index in [1.54, 1.807) is 19.1 Å². The van der Waals surface area contributed by atoms with Gasteiger partial charge in [-0.3, -0.25) is 0 Å². The molecule has 0 aromatic heterocycles. The van der Waals surface area contributed by atoms with Crippen molar-refractivity contribution in [1.82, 2.24) is 5.32 Å². The largest absolute Gasteiger partial charge is 0.449 e. The van der Waals surface area contributed by atoms with Crippen molar-refractivity contribution in [2.75, 3.05) is 6.61 Å². The van der Waals surface area contributed by atoms with E-state index in [-0.39, 0.29) is 24.8 Å². The molecule has 3 nitrogen and oxygen atoms in total. The highest BCUT2D eigenvalue weighted by Gasteiger charge is 2.40. The van der Waals surface area contributed by atoms with Gasteiger partial charge >= 0.3 is 6.09 Å². The number of hydrogen-bond acceptors (Lipinski definition) is 2. The number of aryl methyl sites for hydroxylation is 1. The van der Waals surface area contributed by atoms with Gasteiger partial charge in [0.2, 0.25) is 0 Å². The zero-order valence-corrected chi connectivity index (χ0v) is 12.5. The summed E-state index contributed by atoms with van der Waals surface area (Å²) < 4.78 is 19.2. The Balaban J connectivity index is 0.00000180. The van der Waals surface area contributed by atoms with E-state index in [4.69, 9.17) is 16.3 Å². The zero-order valence-electron chi connectivity index (χ0n) is 10.9. The van der Waals surface area contributed by atoms with Crippen LogP contribution in [-0.4, -0.2) is 12.7 Å². The summed E-state index contributed by atoms with van der Waals surface area (Å²) in [6.45, 7) is 5.70. The predicted octanol–water partition coefficient (Wildman–Crippen LogP) is 4.02. The molecule has 2 rings (SSSR count). The van der Waals surface area contributed by atoms with Gasteiger partial charge < -0.3 is 10.1 Å². The highest BCUT2D eigenvalue weighted by atomic mass is 35.5. The highest BCUT2D eigenvalue weighted by molar-refractivity contribution is 6.31. The van der Waals surface area contributed by atoms with Crippen LogP contribution in [0.2, 0.25) is 5.02 Å². The van der Waals surface area contributed by atoms with E-state index in [0.29, 0.717) is 16.1 Å². The molecule has 0 bridgehead atoms. The molecule has 1 N–H and O–H groups in total. The average Bonchev–Trinajstić information content (AvgIpc) is 2.29. The Morgan fingerprint density at radius 1 is 1.47 bits per heavy atom. The maximum atomic E-state index is 14.2. The van der Waals surface area contributed by atoms with Gasteiger partial charge in [-0.05, 0) is 18.6 Å². The molecule has 0 aliphatic carbocycles. The van der Waals surface area contributed by atoms with E-state index >= 15 is 0 Å². The normalized spacial score (nSPS) is 21.1. The fraction of sp³-hybridized carbons (Fsp3) is 0.462. The number of cyclic esters (lactones) is 1. The van der Waals surface area contributed by atoms with E-state index in [2.05, 4.69) is 5.32 Å². The first-order valence-electron chi connectivity index (χ1n) is 5.71. The number of rotatable bonds is 1. The summed E-state index contributed by atoms with van der Waals surface area (Å²) in [5, 5.41) is 2.96. The second-order valence-corrected chi connectivity index (χ2v) is 5.64. The van der Waals surface area contributed by atoms with Gasteiger partial charge in [0.05, 0.1) is 6.04 Å². The van der Waals surface area contributed by atoms with Crippen molar-refractivity contribution in [1.29, 1.82) is 0 Å². The molecule has 1 aromatic carbocycles. The van der Waals surface area contributed by atoms with Crippen molar-refractivity contribution >= 4 is 30.1 Å². The molecule has 1 fully saturated rings. The third kappa shape index (κ3) is 2.95. The zero-order chi connectivity index (χ0) is 13.5. The molecule has 1 amide bonds. The van der Waals surface area contributed by atoms with Crippen molar-refractivity contribution in [3.8, 4) is 0 Å². The minimum atomic E-state index is -0.545. The Morgan fingerprint density at radius 3 is 2.74 bits per heavy atom. The standard InChI is InChI=1S/C13H15ClFNO2.ClH/c1-7-4-5-8(14)9(10(7)15)11-13(2,3)6-18-12(17)16-11;/h4-5,11H,6H2,1-3H3,(H,16,17);1H/t11-;/m0./s1. The molecule has 6 heteroatoms. The number of halogens is 3. The molecule has 0 saturated carbocycles. The van der Waals surface area contributed by atoms with Crippen LogP contribution in [0.15, 0.2) is 12.1 Å². The van der Waals surface area contributed by atoms with E-state index in [0.717, 1.165) is 0 Å². The Hall–Kier alpha value is -1.00. The molecule has 106 valence electrons. The molecular formula is C13H16Cl2FNO2. The first-order valence-corrected chi connectivity index (χ1v) is 6.08. The van der Waals surface area contributed by atoms with Crippen LogP contribution in [0.1, 0.15) is 31.0 Å². The minimum absolute atomic E-state index is 0. The molecule has 1 saturated heterocycles. The van der Waals surface area contributed by atoms with Crippen LogP contribution in [0, 0.1) is 18.2 Å². The molecule has 1 heterocycles. The van der Waals surface area contributed by atoms with E-state index in [9.17, 15) is 9.18 Å². The van der Waals surface area contributed by atoms with Crippen LogP contribution in [0.5, 0.6) is 0 Å². The van der Waals surface area contributed by atoms with Gasteiger partial charge in [0, 0.05) is 16.0 Å². The summed E-state index contributed by atoms with van der Waals surface area (Å²) in [6, 6.07) is 2.77. The number of nitrogens with one attached hydrogen (secondary N) is 1. The minimum Gasteiger partial charge on any atom is -0.449 e. The van der Waals surface area contributed by atoms with Gasteiger partial charge in [0.15, 0.2) is 0 Å². The maximum absolute atomic E-state index is 14.2. The lowest BCUT2D eigenvalue weighted by Crippen LogP contribution is -2.47. The topological polar surface area (TPSA) is 38.3 Å². The van der Waals surface area contributed by atoms with Crippen molar-refractivity contribution in [2.24, 2.45) is 5.41 Å². The molecule has 1 atom stereocenters. The summed E-state index contributed by atoms with van der Waals surface area (Å²) >= 11 is 6.08. The van der Waals surface area contributed by atoms with Crippen LogP contribution in [0.3, 0.4) is 0 Å². The molecule has 1 aromatic rings. The second-order valence-electron chi connectivity index (χ2n) is 5.23. The van der Waals surface area contributed by atoms with E-state index in [1.807, 2.05) is 13.8 Å².